The number of allylic oxidation sites excluding steroid dienone is 1. The first-order valence-corrected chi connectivity index (χ1v) is 9.89. The van der Waals surface area contributed by atoms with Crippen LogP contribution in [0.3, 0.4) is 0 Å². The second-order valence-electron chi connectivity index (χ2n) is 7.22. The molecule has 0 saturated carbocycles. The fraction of sp³-hybridized carbons (Fsp3) is 0.238. The zero-order chi connectivity index (χ0) is 19.8. The number of fused-ring (bicyclic) bond motifs is 3. The van der Waals surface area contributed by atoms with Gasteiger partial charge in [0.2, 0.25) is 0 Å². The third-order valence-electron chi connectivity index (χ3n) is 5.50. The molecule has 4 aromatic rings. The van der Waals surface area contributed by atoms with E-state index in [1.165, 1.54) is 0 Å². The Labute approximate surface area is 172 Å². The number of nitriles is 1. The predicted octanol–water partition coefficient (Wildman–Crippen LogP) is 4.00. The molecule has 3 aromatic heterocycles. The Morgan fingerprint density at radius 2 is 2.00 bits per heavy atom. The maximum absolute atomic E-state index is 9.57. The monoisotopic (exact) mass is 403 g/mol. The van der Waals surface area contributed by atoms with Crippen LogP contribution < -0.4 is 0 Å². The molecule has 5 rings (SSSR count). The lowest BCUT2D eigenvalue weighted by Gasteiger charge is -2.30. The minimum absolute atomic E-state index is 0.332. The summed E-state index contributed by atoms with van der Waals surface area (Å²) < 4.78 is 1.76. The van der Waals surface area contributed by atoms with Crippen molar-refractivity contribution < 1.29 is 0 Å². The molecule has 0 bridgehead atoms. The van der Waals surface area contributed by atoms with Crippen molar-refractivity contribution in [1.29, 1.82) is 5.26 Å². The second-order valence-corrected chi connectivity index (χ2v) is 7.66. The van der Waals surface area contributed by atoms with Crippen LogP contribution in [0.4, 0.5) is 0 Å². The summed E-state index contributed by atoms with van der Waals surface area (Å²) in [5.74, 6) is 0.332. The van der Waals surface area contributed by atoms with E-state index < -0.39 is 0 Å². The summed E-state index contributed by atoms with van der Waals surface area (Å²) in [5.41, 5.74) is 4.44. The summed E-state index contributed by atoms with van der Waals surface area (Å²) >= 11 is 5.96. The van der Waals surface area contributed by atoms with Crippen LogP contribution in [0, 0.1) is 11.3 Å². The smallest absolute Gasteiger partial charge is 0.141 e. The van der Waals surface area contributed by atoms with E-state index in [-0.39, 0.29) is 0 Å². The van der Waals surface area contributed by atoms with Crippen molar-refractivity contribution in [2.75, 3.05) is 13.1 Å². The van der Waals surface area contributed by atoms with Gasteiger partial charge >= 0.3 is 0 Å². The van der Waals surface area contributed by atoms with Gasteiger partial charge in [0.25, 0.3) is 0 Å². The number of hydrogen-bond donors (Lipinski definition) is 1. The predicted molar refractivity (Wildman–Crippen MR) is 111 cm³/mol. The Morgan fingerprint density at radius 1 is 1.21 bits per heavy atom. The molecule has 4 heterocycles. The van der Waals surface area contributed by atoms with Crippen molar-refractivity contribution in [1.82, 2.24) is 29.7 Å². The standard InChI is InChI=1S/C21H18ClN7/c22-17-3-1-14(2-4-17)16(11-23)12-28-9-6-15(7-10-28)19-20-18-5-8-24-21(18)25-13-29(20)27-26-19/h1-5,8,12-13,15,24H,6-7,9-10H2. The number of aromatic amines is 1. The summed E-state index contributed by atoms with van der Waals surface area (Å²) in [6.07, 6.45) is 7.46. The molecule has 0 aliphatic carbocycles. The van der Waals surface area contributed by atoms with E-state index in [1.807, 2.05) is 42.7 Å². The summed E-state index contributed by atoms with van der Waals surface area (Å²) in [5, 5.41) is 20.0. The van der Waals surface area contributed by atoms with Crippen LogP contribution in [0.15, 0.2) is 49.1 Å². The van der Waals surface area contributed by atoms with E-state index in [0.29, 0.717) is 16.5 Å². The first kappa shape index (κ1) is 17.7. The molecule has 0 radical (unpaired) electrons. The highest BCUT2D eigenvalue weighted by Gasteiger charge is 2.25. The highest BCUT2D eigenvalue weighted by atomic mass is 35.5. The number of halogens is 1. The Hall–Kier alpha value is -3.37. The molecule has 1 fully saturated rings. The molecule has 1 aliphatic rings. The summed E-state index contributed by atoms with van der Waals surface area (Å²) in [4.78, 5) is 9.73. The quantitative estimate of drug-likeness (QED) is 0.522. The normalized spacial score (nSPS) is 15.9. The van der Waals surface area contributed by atoms with Crippen LogP contribution in [0.2, 0.25) is 5.02 Å². The molecule has 0 unspecified atom stereocenters. The van der Waals surface area contributed by atoms with Gasteiger partial charge in [-0.3, -0.25) is 0 Å². The van der Waals surface area contributed by atoms with Gasteiger partial charge < -0.3 is 9.88 Å². The molecule has 0 atom stereocenters. The van der Waals surface area contributed by atoms with Crippen molar-refractivity contribution in [2.45, 2.75) is 18.8 Å². The number of piperidine rings is 1. The highest BCUT2D eigenvalue weighted by Crippen LogP contribution is 2.32. The molecule has 1 saturated heterocycles. The zero-order valence-electron chi connectivity index (χ0n) is 15.6. The lowest BCUT2D eigenvalue weighted by molar-refractivity contribution is 0.283. The number of H-pyrrole nitrogens is 1. The lowest BCUT2D eigenvalue weighted by atomic mass is 9.92. The molecular weight excluding hydrogens is 386 g/mol. The van der Waals surface area contributed by atoms with Crippen LogP contribution >= 0.6 is 11.6 Å². The minimum Gasteiger partial charge on any atom is -0.376 e. The molecule has 29 heavy (non-hydrogen) atoms. The van der Waals surface area contributed by atoms with Gasteiger partial charge in [0.1, 0.15) is 23.6 Å². The number of hydrogen-bond acceptors (Lipinski definition) is 5. The molecule has 7 nitrogen and oxygen atoms in total. The van der Waals surface area contributed by atoms with E-state index in [4.69, 9.17) is 11.6 Å². The van der Waals surface area contributed by atoms with E-state index in [9.17, 15) is 5.26 Å². The van der Waals surface area contributed by atoms with Crippen LogP contribution in [0.5, 0.6) is 0 Å². The molecule has 144 valence electrons. The lowest BCUT2D eigenvalue weighted by Crippen LogP contribution is -2.29. The fourth-order valence-electron chi connectivity index (χ4n) is 3.98. The van der Waals surface area contributed by atoms with Crippen LogP contribution in [-0.4, -0.2) is 42.8 Å². The average Bonchev–Trinajstić information content (AvgIpc) is 3.39. The summed E-state index contributed by atoms with van der Waals surface area (Å²) in [6.45, 7) is 1.73. The summed E-state index contributed by atoms with van der Waals surface area (Å²) in [6, 6.07) is 11.7. The molecule has 0 amide bonds. The van der Waals surface area contributed by atoms with Crippen molar-refractivity contribution in [2.24, 2.45) is 0 Å². The topological polar surface area (TPSA) is 85.9 Å². The van der Waals surface area contributed by atoms with Gasteiger partial charge in [-0.2, -0.15) is 5.26 Å². The molecular formula is C21H18ClN7. The Balaban J connectivity index is 1.37. The van der Waals surface area contributed by atoms with Crippen LogP contribution in [-0.2, 0) is 0 Å². The Bertz CT molecular complexity index is 1240. The van der Waals surface area contributed by atoms with Gasteiger partial charge in [-0.25, -0.2) is 9.50 Å². The first-order valence-electron chi connectivity index (χ1n) is 9.52. The molecule has 1 aliphatic heterocycles. The van der Waals surface area contributed by atoms with E-state index in [2.05, 4.69) is 31.2 Å². The number of nitrogens with one attached hydrogen (secondary N) is 1. The maximum atomic E-state index is 9.57. The third kappa shape index (κ3) is 3.22. The first-order chi connectivity index (χ1) is 14.2. The zero-order valence-corrected chi connectivity index (χ0v) is 16.3. The molecule has 1 N–H and O–H groups in total. The van der Waals surface area contributed by atoms with Gasteiger partial charge in [0.05, 0.1) is 11.3 Å². The van der Waals surface area contributed by atoms with E-state index >= 15 is 0 Å². The second kappa shape index (κ2) is 7.22. The Kier molecular flexibility index (Phi) is 4.41. The molecule has 0 spiro atoms. The van der Waals surface area contributed by atoms with Gasteiger partial charge in [0, 0.05) is 41.8 Å². The highest BCUT2D eigenvalue weighted by molar-refractivity contribution is 6.30. The van der Waals surface area contributed by atoms with Gasteiger partial charge in [-0.15, -0.1) is 5.10 Å². The van der Waals surface area contributed by atoms with E-state index in [0.717, 1.165) is 53.7 Å². The van der Waals surface area contributed by atoms with Crippen LogP contribution in [0.1, 0.15) is 30.0 Å². The largest absolute Gasteiger partial charge is 0.376 e. The van der Waals surface area contributed by atoms with E-state index in [1.54, 1.807) is 10.8 Å². The van der Waals surface area contributed by atoms with Gasteiger partial charge in [-0.1, -0.05) is 28.9 Å². The van der Waals surface area contributed by atoms with Crippen molar-refractivity contribution in [3.63, 3.8) is 0 Å². The van der Waals surface area contributed by atoms with Gasteiger partial charge in [0.15, 0.2) is 0 Å². The van der Waals surface area contributed by atoms with Gasteiger partial charge in [-0.05, 0) is 36.6 Å². The fourth-order valence-corrected chi connectivity index (χ4v) is 4.10. The van der Waals surface area contributed by atoms with Crippen LogP contribution in [0.25, 0.3) is 22.1 Å². The third-order valence-corrected chi connectivity index (χ3v) is 5.75. The van der Waals surface area contributed by atoms with Crippen molar-refractivity contribution >= 4 is 33.7 Å². The summed E-state index contributed by atoms with van der Waals surface area (Å²) in [7, 11) is 0. The van der Waals surface area contributed by atoms with Crippen molar-refractivity contribution in [3.8, 4) is 6.07 Å². The SMILES string of the molecule is N#CC(=CN1CCC(c2nnn3cnc4[nH]ccc4c23)CC1)c1ccc(Cl)cc1. The minimum atomic E-state index is 0.332. The Morgan fingerprint density at radius 3 is 2.76 bits per heavy atom. The maximum Gasteiger partial charge on any atom is 0.141 e. The number of aromatic nitrogens is 5. The molecule has 8 heteroatoms. The molecule has 1 aromatic carbocycles. The number of likely N-dealkylation sites (tertiary alicyclic amines) is 1. The number of benzene rings is 1. The number of nitrogens with zero attached hydrogens (tertiary/aromatic N) is 6. The number of rotatable bonds is 3. The van der Waals surface area contributed by atoms with Crippen molar-refractivity contribution in [3.05, 3.63) is 65.3 Å². The average molecular weight is 404 g/mol.